The van der Waals surface area contributed by atoms with Crippen molar-refractivity contribution in [3.63, 3.8) is 0 Å². The molecule has 5 nitrogen and oxygen atoms in total. The predicted octanol–water partition coefficient (Wildman–Crippen LogP) is 2.93. The van der Waals surface area contributed by atoms with Gasteiger partial charge in [-0.2, -0.15) is 0 Å². The van der Waals surface area contributed by atoms with Crippen molar-refractivity contribution in [2.24, 2.45) is 4.99 Å². The third kappa shape index (κ3) is 9.08. The van der Waals surface area contributed by atoms with Crippen LogP contribution in [0.15, 0.2) is 4.99 Å². The summed E-state index contributed by atoms with van der Waals surface area (Å²) < 4.78 is 17.4. The van der Waals surface area contributed by atoms with Gasteiger partial charge >= 0.3 is 8.80 Å². The summed E-state index contributed by atoms with van der Waals surface area (Å²) in [5, 5.41) is 0. The van der Waals surface area contributed by atoms with Crippen LogP contribution in [0.3, 0.4) is 0 Å². The third-order valence-electron chi connectivity index (χ3n) is 2.77. The van der Waals surface area contributed by atoms with Crippen molar-refractivity contribution in [1.82, 2.24) is 0 Å². The van der Waals surface area contributed by atoms with Crippen LogP contribution in [0.1, 0.15) is 46.0 Å². The van der Waals surface area contributed by atoms with Crippen molar-refractivity contribution in [3.05, 3.63) is 0 Å². The lowest BCUT2D eigenvalue weighted by molar-refractivity contribution is 0.0747. The zero-order valence-corrected chi connectivity index (χ0v) is 13.4. The van der Waals surface area contributed by atoms with E-state index in [1.165, 1.54) is 0 Å². The Kier molecular flexibility index (Phi) is 12.2. The minimum atomic E-state index is -2.58. The number of carbonyl (C=O) groups excluding carboxylic acids is 1. The van der Waals surface area contributed by atoms with Gasteiger partial charge in [-0.3, -0.25) is 0 Å². The minimum Gasteiger partial charge on any atom is -0.377 e. The van der Waals surface area contributed by atoms with E-state index in [1.54, 1.807) is 13.2 Å². The summed E-state index contributed by atoms with van der Waals surface area (Å²) in [5.41, 5.74) is 0. The normalized spacial score (nSPS) is 11.3. The quantitative estimate of drug-likeness (QED) is 0.226. The Bertz CT molecular complexity index is 247. The highest BCUT2D eigenvalue weighted by atomic mass is 28.4. The molecule has 0 amide bonds. The lowest BCUT2D eigenvalue weighted by Gasteiger charge is -2.28. The second-order valence-electron chi connectivity index (χ2n) is 4.37. The van der Waals surface area contributed by atoms with Gasteiger partial charge in [0.2, 0.25) is 6.08 Å². The van der Waals surface area contributed by atoms with E-state index in [1.807, 2.05) is 0 Å². The Morgan fingerprint density at radius 1 is 1.05 bits per heavy atom. The second kappa shape index (κ2) is 12.5. The summed E-state index contributed by atoms with van der Waals surface area (Å²) >= 11 is 0. The standard InChI is InChI=1S/C13H27NO4Si/c1-4-6-10-17-19(16-3,18-11-7-5-2)12-8-9-14-13-15/h4-12H2,1-3H3. The number of nitrogens with zero attached hydrogens (tertiary/aromatic N) is 1. The SMILES string of the molecule is CCCCO[Si](CCCN=C=O)(OC)OCCCC. The Labute approximate surface area is 117 Å². The average molecular weight is 289 g/mol. The first-order chi connectivity index (χ1) is 9.24. The van der Waals surface area contributed by atoms with E-state index >= 15 is 0 Å². The maximum atomic E-state index is 10.0. The second-order valence-corrected chi connectivity index (χ2v) is 7.22. The molecule has 0 heterocycles. The van der Waals surface area contributed by atoms with E-state index in [2.05, 4.69) is 18.8 Å². The van der Waals surface area contributed by atoms with Crippen LogP contribution >= 0.6 is 0 Å². The highest BCUT2D eigenvalue weighted by molar-refractivity contribution is 6.60. The minimum absolute atomic E-state index is 0.454. The van der Waals surface area contributed by atoms with Crippen molar-refractivity contribution in [2.75, 3.05) is 26.9 Å². The Morgan fingerprint density at radius 3 is 2.05 bits per heavy atom. The summed E-state index contributed by atoms with van der Waals surface area (Å²) in [6.45, 7) is 6.03. The van der Waals surface area contributed by atoms with E-state index in [0.717, 1.165) is 32.1 Å². The molecule has 0 N–H and O–H groups in total. The van der Waals surface area contributed by atoms with Crippen LogP contribution in [0.25, 0.3) is 0 Å². The summed E-state index contributed by atoms with van der Waals surface area (Å²) in [7, 11) is -0.938. The molecule has 0 fully saturated rings. The lowest BCUT2D eigenvalue weighted by atomic mass is 10.4. The molecule has 0 unspecified atom stereocenters. The van der Waals surface area contributed by atoms with E-state index in [0.29, 0.717) is 25.8 Å². The van der Waals surface area contributed by atoms with Crippen LogP contribution in [0.2, 0.25) is 6.04 Å². The summed E-state index contributed by atoms with van der Waals surface area (Å²) in [6, 6.07) is 0.697. The molecule has 19 heavy (non-hydrogen) atoms. The van der Waals surface area contributed by atoms with Gasteiger partial charge in [0.05, 0.1) is 6.54 Å². The first kappa shape index (κ1) is 18.5. The van der Waals surface area contributed by atoms with Crippen molar-refractivity contribution >= 4 is 14.9 Å². The first-order valence-electron chi connectivity index (χ1n) is 7.11. The Balaban J connectivity index is 4.31. The highest BCUT2D eigenvalue weighted by Gasteiger charge is 2.39. The molecule has 0 spiro atoms. The number of isocyanates is 1. The molecular formula is C13H27NO4Si. The molecular weight excluding hydrogens is 262 g/mol. The molecule has 0 aromatic rings. The van der Waals surface area contributed by atoms with Crippen molar-refractivity contribution in [3.8, 4) is 0 Å². The van der Waals surface area contributed by atoms with Gasteiger partial charge < -0.3 is 13.3 Å². The maximum Gasteiger partial charge on any atom is 0.500 e. The summed E-state index contributed by atoms with van der Waals surface area (Å²) in [6.07, 6.45) is 6.44. The number of hydrogen-bond donors (Lipinski definition) is 0. The maximum absolute atomic E-state index is 10.0. The molecule has 0 saturated heterocycles. The Morgan fingerprint density at radius 2 is 1.63 bits per heavy atom. The van der Waals surface area contributed by atoms with Gasteiger partial charge in [-0.15, -0.1) is 0 Å². The van der Waals surface area contributed by atoms with Crippen molar-refractivity contribution < 1.29 is 18.1 Å². The topological polar surface area (TPSA) is 57.1 Å². The molecule has 0 aliphatic carbocycles. The number of hydrogen-bond acceptors (Lipinski definition) is 5. The molecule has 0 aromatic heterocycles. The van der Waals surface area contributed by atoms with E-state index in [4.69, 9.17) is 13.3 Å². The fourth-order valence-corrected chi connectivity index (χ4v) is 3.88. The van der Waals surface area contributed by atoms with Crippen LogP contribution in [0, 0.1) is 0 Å². The van der Waals surface area contributed by atoms with Gasteiger partial charge in [-0.25, -0.2) is 9.79 Å². The smallest absolute Gasteiger partial charge is 0.377 e. The monoisotopic (exact) mass is 289 g/mol. The third-order valence-corrected chi connectivity index (χ3v) is 5.64. The van der Waals surface area contributed by atoms with Crippen LogP contribution < -0.4 is 0 Å². The molecule has 112 valence electrons. The number of rotatable bonds is 13. The van der Waals surface area contributed by atoms with Crippen molar-refractivity contribution in [2.45, 2.75) is 52.0 Å². The molecule has 0 saturated carbocycles. The van der Waals surface area contributed by atoms with Crippen LogP contribution in [-0.4, -0.2) is 41.8 Å². The summed E-state index contributed by atoms with van der Waals surface area (Å²) in [5.74, 6) is 0. The average Bonchev–Trinajstić information content (AvgIpc) is 2.43. The summed E-state index contributed by atoms with van der Waals surface area (Å²) in [4.78, 5) is 13.6. The fraction of sp³-hybridized carbons (Fsp3) is 0.923. The van der Waals surface area contributed by atoms with Crippen LogP contribution in [-0.2, 0) is 18.1 Å². The molecule has 0 radical (unpaired) electrons. The lowest BCUT2D eigenvalue weighted by Crippen LogP contribution is -2.45. The molecule has 6 heteroatoms. The van der Waals surface area contributed by atoms with E-state index in [-0.39, 0.29) is 0 Å². The van der Waals surface area contributed by atoms with Gasteiger partial charge in [0.25, 0.3) is 0 Å². The molecule has 0 aliphatic heterocycles. The van der Waals surface area contributed by atoms with Crippen LogP contribution in [0.5, 0.6) is 0 Å². The largest absolute Gasteiger partial charge is 0.500 e. The van der Waals surface area contributed by atoms with E-state index < -0.39 is 8.80 Å². The van der Waals surface area contributed by atoms with Gasteiger partial charge in [0, 0.05) is 26.4 Å². The zero-order valence-electron chi connectivity index (χ0n) is 12.4. The van der Waals surface area contributed by atoms with Gasteiger partial charge in [0.15, 0.2) is 0 Å². The molecule has 0 aliphatic rings. The van der Waals surface area contributed by atoms with E-state index in [9.17, 15) is 4.79 Å². The highest BCUT2D eigenvalue weighted by Crippen LogP contribution is 2.18. The molecule has 0 rings (SSSR count). The first-order valence-corrected chi connectivity index (χ1v) is 9.04. The number of aliphatic imine (C=N–C) groups is 1. The van der Waals surface area contributed by atoms with Crippen molar-refractivity contribution in [1.29, 1.82) is 0 Å². The fourth-order valence-electron chi connectivity index (χ4n) is 1.57. The van der Waals surface area contributed by atoms with Gasteiger partial charge in [0.1, 0.15) is 0 Å². The zero-order chi connectivity index (χ0) is 14.4. The Hall–Kier alpha value is -0.523. The molecule has 0 aromatic carbocycles. The predicted molar refractivity (Wildman–Crippen MR) is 76.9 cm³/mol. The number of unbranched alkanes of at least 4 members (excludes halogenated alkanes) is 2. The molecule has 0 bridgehead atoms. The van der Waals surface area contributed by atoms with Gasteiger partial charge in [-0.1, -0.05) is 26.7 Å². The van der Waals surface area contributed by atoms with Crippen LogP contribution in [0.4, 0.5) is 0 Å². The van der Waals surface area contributed by atoms with Gasteiger partial charge in [-0.05, 0) is 19.3 Å². The molecule has 0 atom stereocenters.